The van der Waals surface area contributed by atoms with Crippen molar-refractivity contribution in [3.8, 4) is 11.5 Å². The summed E-state index contributed by atoms with van der Waals surface area (Å²) in [5.41, 5.74) is 5.88. The highest BCUT2D eigenvalue weighted by atomic mass is 79.9. The Kier molecular flexibility index (Phi) is 10.4. The van der Waals surface area contributed by atoms with Crippen molar-refractivity contribution in [2.75, 3.05) is 13.2 Å². The molecule has 45 heavy (non-hydrogen) atoms. The van der Waals surface area contributed by atoms with Crippen LogP contribution in [-0.4, -0.2) is 36.4 Å². The Morgan fingerprint density at radius 1 is 0.978 bits per heavy atom. The summed E-state index contributed by atoms with van der Waals surface area (Å²) < 4.78 is 18.3. The van der Waals surface area contributed by atoms with Crippen molar-refractivity contribution in [2.24, 2.45) is 5.10 Å². The van der Waals surface area contributed by atoms with E-state index in [0.29, 0.717) is 40.1 Å². The minimum atomic E-state index is -0.628. The summed E-state index contributed by atoms with van der Waals surface area (Å²) in [4.78, 5) is 25.6. The first-order chi connectivity index (χ1) is 21.8. The smallest absolute Gasteiger partial charge is 0.338 e. The molecule has 0 spiro atoms. The lowest BCUT2D eigenvalue weighted by atomic mass is 9.95. The number of thiocarbonyl (C=S) groups is 1. The fraction of sp³-hybridized carbons (Fsp3) is 0.176. The van der Waals surface area contributed by atoms with E-state index < -0.39 is 17.9 Å². The number of nitrogens with one attached hydrogen (secondary N) is 3. The van der Waals surface area contributed by atoms with Gasteiger partial charge in [0.2, 0.25) is 0 Å². The van der Waals surface area contributed by atoms with Crippen LogP contribution in [0.15, 0.2) is 106 Å². The quantitative estimate of drug-likeness (QED) is 0.0756. The zero-order valence-corrected chi connectivity index (χ0v) is 27.0. The molecule has 0 bridgehead atoms. The number of para-hydroxylation sites is 1. The topological polar surface area (TPSA) is 110 Å². The lowest BCUT2D eigenvalue weighted by Crippen LogP contribution is -2.45. The molecule has 0 saturated carbocycles. The van der Waals surface area contributed by atoms with E-state index in [1.807, 2.05) is 66.7 Å². The Morgan fingerprint density at radius 3 is 2.53 bits per heavy atom. The Hall–Kier alpha value is -4.74. The zero-order chi connectivity index (χ0) is 31.8. The molecule has 4 aromatic rings. The first-order valence-electron chi connectivity index (χ1n) is 14.2. The largest absolute Gasteiger partial charge is 0.488 e. The van der Waals surface area contributed by atoms with E-state index >= 15 is 0 Å². The molecule has 0 aromatic heterocycles. The molecule has 230 valence electrons. The van der Waals surface area contributed by atoms with Crippen LogP contribution in [0.25, 0.3) is 10.8 Å². The van der Waals surface area contributed by atoms with Crippen LogP contribution in [0.3, 0.4) is 0 Å². The first-order valence-corrected chi connectivity index (χ1v) is 15.4. The van der Waals surface area contributed by atoms with Crippen LogP contribution in [0.5, 0.6) is 11.5 Å². The second-order valence-corrected chi connectivity index (χ2v) is 11.3. The predicted molar refractivity (Wildman–Crippen MR) is 181 cm³/mol. The molecule has 3 N–H and O–H groups in total. The van der Waals surface area contributed by atoms with Gasteiger partial charge in [-0.1, -0.05) is 76.6 Å². The van der Waals surface area contributed by atoms with Gasteiger partial charge in [-0.05, 0) is 66.7 Å². The molecular formula is C34H31BrN4O5S. The summed E-state index contributed by atoms with van der Waals surface area (Å²) >= 11 is 8.80. The molecule has 9 nitrogen and oxygen atoms in total. The SMILES string of the molecule is CCOC(=O)C1=C(C)NC(=S)N[C@H]1c1ccccc1OCC(=O)NN=Cc1c(OCc2ccc(Br)cc2)ccc2ccccc12. The number of nitrogens with zero attached hydrogens (tertiary/aromatic N) is 1. The van der Waals surface area contributed by atoms with Crippen LogP contribution >= 0.6 is 28.1 Å². The monoisotopic (exact) mass is 686 g/mol. The number of carbonyl (C=O) groups excluding carboxylic acids is 2. The Morgan fingerprint density at radius 2 is 1.73 bits per heavy atom. The number of amides is 1. The number of hydrogen-bond acceptors (Lipinski definition) is 7. The van der Waals surface area contributed by atoms with E-state index in [4.69, 9.17) is 26.4 Å². The lowest BCUT2D eigenvalue weighted by Gasteiger charge is -2.30. The van der Waals surface area contributed by atoms with Gasteiger partial charge in [0.05, 0.1) is 24.4 Å². The first kappa shape index (κ1) is 31.7. The second kappa shape index (κ2) is 14.8. The van der Waals surface area contributed by atoms with Crippen molar-refractivity contribution < 1.29 is 23.8 Å². The van der Waals surface area contributed by atoms with Crippen molar-refractivity contribution in [2.45, 2.75) is 26.5 Å². The Balaban J connectivity index is 1.29. The zero-order valence-electron chi connectivity index (χ0n) is 24.6. The maximum absolute atomic E-state index is 12.8. The van der Waals surface area contributed by atoms with Gasteiger partial charge >= 0.3 is 5.97 Å². The molecule has 5 rings (SSSR count). The number of hydrogen-bond donors (Lipinski definition) is 3. The molecule has 0 unspecified atom stereocenters. The highest BCUT2D eigenvalue weighted by Gasteiger charge is 2.32. The molecule has 0 fully saturated rings. The number of benzene rings is 4. The molecule has 1 aliphatic heterocycles. The fourth-order valence-electron chi connectivity index (χ4n) is 4.88. The van der Waals surface area contributed by atoms with Gasteiger partial charge in [-0.15, -0.1) is 0 Å². The fourth-order valence-corrected chi connectivity index (χ4v) is 5.41. The van der Waals surface area contributed by atoms with Gasteiger partial charge in [-0.25, -0.2) is 10.2 Å². The Bertz CT molecular complexity index is 1790. The molecule has 0 radical (unpaired) electrons. The molecule has 11 heteroatoms. The number of allylic oxidation sites excluding steroid dienone is 1. The average molecular weight is 688 g/mol. The minimum Gasteiger partial charge on any atom is -0.488 e. The highest BCUT2D eigenvalue weighted by molar-refractivity contribution is 9.10. The number of halogens is 1. The van der Waals surface area contributed by atoms with E-state index in [-0.39, 0.29) is 13.2 Å². The summed E-state index contributed by atoms with van der Waals surface area (Å²) in [7, 11) is 0. The van der Waals surface area contributed by atoms with Crippen LogP contribution in [0.2, 0.25) is 0 Å². The third-order valence-electron chi connectivity index (χ3n) is 6.97. The summed E-state index contributed by atoms with van der Waals surface area (Å²) in [5.74, 6) is 0.0989. The number of ether oxygens (including phenoxy) is 3. The molecule has 1 atom stereocenters. The number of hydrazone groups is 1. The normalized spacial score (nSPS) is 14.6. The molecule has 1 aliphatic rings. The van der Waals surface area contributed by atoms with Gasteiger partial charge in [0.15, 0.2) is 11.7 Å². The molecule has 4 aromatic carbocycles. The Labute approximate surface area is 274 Å². The van der Waals surface area contributed by atoms with Gasteiger partial charge in [0.1, 0.15) is 18.1 Å². The van der Waals surface area contributed by atoms with E-state index in [0.717, 1.165) is 26.4 Å². The van der Waals surface area contributed by atoms with Crippen molar-refractivity contribution in [1.82, 2.24) is 16.1 Å². The van der Waals surface area contributed by atoms with E-state index in [2.05, 4.69) is 37.1 Å². The number of carbonyl (C=O) groups is 2. The molecule has 1 amide bonds. The van der Waals surface area contributed by atoms with E-state index in [1.165, 1.54) is 0 Å². The lowest BCUT2D eigenvalue weighted by molar-refractivity contribution is -0.139. The maximum Gasteiger partial charge on any atom is 0.338 e. The van der Waals surface area contributed by atoms with Gasteiger partial charge in [0, 0.05) is 21.3 Å². The van der Waals surface area contributed by atoms with Crippen LogP contribution in [0.4, 0.5) is 0 Å². The van der Waals surface area contributed by atoms with Gasteiger partial charge < -0.3 is 24.8 Å². The summed E-state index contributed by atoms with van der Waals surface area (Å²) in [6.45, 7) is 3.78. The van der Waals surface area contributed by atoms with Gasteiger partial charge in [0.25, 0.3) is 5.91 Å². The minimum absolute atomic E-state index is 0.225. The second-order valence-electron chi connectivity index (χ2n) is 10.0. The standard InChI is InChI=1S/C34H31BrN4O5S/c1-3-42-33(41)31-21(2)37-34(45)38-32(31)26-10-6-7-11-28(26)44-20-30(40)39-36-18-27-25-9-5-4-8-23(25)14-17-29(27)43-19-22-12-15-24(35)16-13-22/h4-18,32H,3,19-20H2,1-2H3,(H,39,40)(H2,37,38,45)/t32-/m0/s1. The third kappa shape index (κ3) is 7.86. The average Bonchev–Trinajstić information content (AvgIpc) is 3.03. The van der Waals surface area contributed by atoms with Gasteiger partial charge in [-0.2, -0.15) is 5.10 Å². The van der Waals surface area contributed by atoms with Crippen molar-refractivity contribution in [3.63, 3.8) is 0 Å². The van der Waals surface area contributed by atoms with Crippen molar-refractivity contribution >= 4 is 62.1 Å². The molecule has 0 aliphatic carbocycles. The third-order valence-corrected chi connectivity index (χ3v) is 7.72. The van der Waals surface area contributed by atoms with Crippen LogP contribution < -0.4 is 25.5 Å². The molecule has 0 saturated heterocycles. The van der Waals surface area contributed by atoms with Gasteiger partial charge in [-0.3, -0.25) is 4.79 Å². The summed E-state index contributed by atoms with van der Waals surface area (Å²) in [6, 6.07) is 26.2. The molecule has 1 heterocycles. The summed E-state index contributed by atoms with van der Waals surface area (Å²) in [6.07, 6.45) is 1.57. The number of rotatable bonds is 11. The van der Waals surface area contributed by atoms with E-state index in [9.17, 15) is 9.59 Å². The van der Waals surface area contributed by atoms with E-state index in [1.54, 1.807) is 38.3 Å². The highest BCUT2D eigenvalue weighted by Crippen LogP contribution is 2.33. The number of esters is 1. The molecular weight excluding hydrogens is 656 g/mol. The van der Waals surface area contributed by atoms with Crippen molar-refractivity contribution in [1.29, 1.82) is 0 Å². The summed E-state index contributed by atoms with van der Waals surface area (Å²) in [5, 5.41) is 12.6. The van der Waals surface area contributed by atoms with Crippen LogP contribution in [0.1, 0.15) is 36.6 Å². The van der Waals surface area contributed by atoms with Crippen LogP contribution in [0, 0.1) is 0 Å². The predicted octanol–water partition coefficient (Wildman–Crippen LogP) is 6.07. The number of fused-ring (bicyclic) bond motifs is 1. The maximum atomic E-state index is 12.8. The van der Waals surface area contributed by atoms with Crippen molar-refractivity contribution in [3.05, 3.63) is 117 Å². The van der Waals surface area contributed by atoms with Crippen LogP contribution in [-0.2, 0) is 20.9 Å².